The van der Waals surface area contributed by atoms with Crippen LogP contribution >= 0.6 is 0 Å². The van der Waals surface area contributed by atoms with Crippen LogP contribution in [-0.4, -0.2) is 25.7 Å². The van der Waals surface area contributed by atoms with E-state index in [2.05, 4.69) is 43.1 Å². The summed E-state index contributed by atoms with van der Waals surface area (Å²) in [6.07, 6.45) is 2.47. The fraction of sp³-hybridized carbons (Fsp3) is 0.588. The zero-order valence-corrected chi connectivity index (χ0v) is 12.8. The SMILES string of the molecule is Cc1ccc(C#N)c(N(CC2CCNCC2)C(C)C)c1. The van der Waals surface area contributed by atoms with E-state index in [1.54, 1.807) is 0 Å². The Labute approximate surface area is 122 Å². The summed E-state index contributed by atoms with van der Waals surface area (Å²) in [6, 6.07) is 8.88. The molecule has 1 N–H and O–H groups in total. The molecule has 1 aliphatic heterocycles. The summed E-state index contributed by atoms with van der Waals surface area (Å²) in [7, 11) is 0. The van der Waals surface area contributed by atoms with Gasteiger partial charge in [0.25, 0.3) is 0 Å². The quantitative estimate of drug-likeness (QED) is 0.914. The van der Waals surface area contributed by atoms with E-state index >= 15 is 0 Å². The molecule has 0 radical (unpaired) electrons. The highest BCUT2D eigenvalue weighted by atomic mass is 15.2. The van der Waals surface area contributed by atoms with Crippen molar-refractivity contribution in [3.8, 4) is 6.07 Å². The number of aryl methyl sites for hydroxylation is 1. The molecule has 0 bridgehead atoms. The normalized spacial score (nSPS) is 16.1. The molecule has 1 heterocycles. The molecule has 1 saturated heterocycles. The molecule has 20 heavy (non-hydrogen) atoms. The van der Waals surface area contributed by atoms with Crippen LogP contribution in [0.2, 0.25) is 0 Å². The van der Waals surface area contributed by atoms with Crippen LogP contribution in [0, 0.1) is 24.2 Å². The van der Waals surface area contributed by atoms with Crippen molar-refractivity contribution in [3.05, 3.63) is 29.3 Å². The van der Waals surface area contributed by atoms with E-state index in [0.29, 0.717) is 6.04 Å². The average molecular weight is 271 g/mol. The van der Waals surface area contributed by atoms with Gasteiger partial charge in [0.1, 0.15) is 6.07 Å². The number of hydrogen-bond donors (Lipinski definition) is 1. The Bertz CT molecular complexity index is 481. The molecule has 0 atom stereocenters. The van der Waals surface area contributed by atoms with Crippen molar-refractivity contribution in [2.75, 3.05) is 24.5 Å². The van der Waals surface area contributed by atoms with Gasteiger partial charge >= 0.3 is 0 Å². The van der Waals surface area contributed by atoms with Crippen LogP contribution in [-0.2, 0) is 0 Å². The highest BCUT2D eigenvalue weighted by molar-refractivity contribution is 5.61. The fourth-order valence-electron chi connectivity index (χ4n) is 2.90. The minimum absolute atomic E-state index is 0.416. The zero-order chi connectivity index (χ0) is 14.5. The van der Waals surface area contributed by atoms with Gasteiger partial charge in [0.05, 0.1) is 11.3 Å². The number of nitriles is 1. The van der Waals surface area contributed by atoms with Crippen LogP contribution in [0.4, 0.5) is 5.69 Å². The summed E-state index contributed by atoms with van der Waals surface area (Å²) < 4.78 is 0. The Morgan fingerprint density at radius 3 is 2.65 bits per heavy atom. The van der Waals surface area contributed by atoms with Gasteiger partial charge in [0.15, 0.2) is 0 Å². The van der Waals surface area contributed by atoms with Gasteiger partial charge in [0, 0.05) is 12.6 Å². The summed E-state index contributed by atoms with van der Waals surface area (Å²) in [5.41, 5.74) is 3.11. The Morgan fingerprint density at radius 1 is 1.35 bits per heavy atom. The molecule has 1 aromatic carbocycles. The lowest BCUT2D eigenvalue weighted by Gasteiger charge is -2.35. The fourth-order valence-corrected chi connectivity index (χ4v) is 2.90. The third-order valence-corrected chi connectivity index (χ3v) is 4.12. The van der Waals surface area contributed by atoms with Crippen LogP contribution in [0.1, 0.15) is 37.8 Å². The van der Waals surface area contributed by atoms with Gasteiger partial charge in [-0.05, 0) is 70.3 Å². The molecule has 3 nitrogen and oxygen atoms in total. The van der Waals surface area contributed by atoms with Gasteiger partial charge in [-0.15, -0.1) is 0 Å². The maximum atomic E-state index is 9.36. The number of anilines is 1. The number of piperidine rings is 1. The van der Waals surface area contributed by atoms with Crippen molar-refractivity contribution in [1.29, 1.82) is 5.26 Å². The number of rotatable bonds is 4. The van der Waals surface area contributed by atoms with Gasteiger partial charge in [-0.3, -0.25) is 0 Å². The highest BCUT2D eigenvalue weighted by Crippen LogP contribution is 2.26. The molecule has 1 aliphatic rings. The smallest absolute Gasteiger partial charge is 0.101 e. The lowest BCUT2D eigenvalue weighted by atomic mass is 9.96. The Kier molecular flexibility index (Phi) is 5.03. The van der Waals surface area contributed by atoms with Crippen molar-refractivity contribution in [2.24, 2.45) is 5.92 Å². The molecule has 108 valence electrons. The number of nitrogens with one attached hydrogen (secondary N) is 1. The van der Waals surface area contributed by atoms with E-state index in [1.807, 2.05) is 12.1 Å². The molecular formula is C17H25N3. The maximum Gasteiger partial charge on any atom is 0.101 e. The molecule has 0 saturated carbocycles. The van der Waals surface area contributed by atoms with E-state index in [9.17, 15) is 5.26 Å². The first-order valence-electron chi connectivity index (χ1n) is 7.60. The molecule has 1 fully saturated rings. The van der Waals surface area contributed by atoms with Crippen LogP contribution in [0.3, 0.4) is 0 Å². The van der Waals surface area contributed by atoms with E-state index in [4.69, 9.17) is 0 Å². The summed E-state index contributed by atoms with van der Waals surface area (Å²) in [5, 5.41) is 12.8. The highest BCUT2D eigenvalue weighted by Gasteiger charge is 2.21. The minimum Gasteiger partial charge on any atom is -0.368 e. The minimum atomic E-state index is 0.416. The lowest BCUT2D eigenvalue weighted by Crippen LogP contribution is -2.40. The van der Waals surface area contributed by atoms with E-state index in [1.165, 1.54) is 18.4 Å². The molecule has 0 aromatic heterocycles. The van der Waals surface area contributed by atoms with E-state index < -0.39 is 0 Å². The van der Waals surface area contributed by atoms with Crippen molar-refractivity contribution in [1.82, 2.24) is 5.32 Å². The summed E-state index contributed by atoms with van der Waals surface area (Å²) in [4.78, 5) is 2.40. The first-order chi connectivity index (χ1) is 9.61. The van der Waals surface area contributed by atoms with E-state index in [0.717, 1.165) is 36.8 Å². The topological polar surface area (TPSA) is 39.1 Å². The second kappa shape index (κ2) is 6.76. The molecule has 0 unspecified atom stereocenters. The summed E-state index contributed by atoms with van der Waals surface area (Å²) >= 11 is 0. The van der Waals surface area contributed by atoms with Gasteiger partial charge < -0.3 is 10.2 Å². The van der Waals surface area contributed by atoms with Crippen molar-refractivity contribution < 1.29 is 0 Å². The second-order valence-corrected chi connectivity index (χ2v) is 6.07. The molecule has 3 heteroatoms. The lowest BCUT2D eigenvalue weighted by molar-refractivity contribution is 0.367. The molecular weight excluding hydrogens is 246 g/mol. The Balaban J connectivity index is 2.24. The average Bonchev–Trinajstić information content (AvgIpc) is 2.45. The largest absolute Gasteiger partial charge is 0.368 e. The van der Waals surface area contributed by atoms with Crippen LogP contribution in [0.15, 0.2) is 18.2 Å². The third kappa shape index (κ3) is 3.52. The molecule has 0 aliphatic carbocycles. The number of nitrogens with zero attached hydrogens (tertiary/aromatic N) is 2. The first-order valence-corrected chi connectivity index (χ1v) is 7.60. The van der Waals surface area contributed by atoms with Crippen molar-refractivity contribution >= 4 is 5.69 Å². The molecule has 2 rings (SSSR count). The monoisotopic (exact) mass is 271 g/mol. The maximum absolute atomic E-state index is 9.36. The predicted octanol–water partition coefficient (Wildman–Crippen LogP) is 3.08. The van der Waals surface area contributed by atoms with Crippen LogP contribution in [0.5, 0.6) is 0 Å². The Hall–Kier alpha value is -1.53. The first kappa shape index (κ1) is 14.9. The molecule has 0 spiro atoms. The van der Waals surface area contributed by atoms with Gasteiger partial charge in [-0.2, -0.15) is 5.26 Å². The van der Waals surface area contributed by atoms with Gasteiger partial charge in [-0.1, -0.05) is 6.07 Å². The summed E-state index contributed by atoms with van der Waals surface area (Å²) in [6.45, 7) is 9.81. The zero-order valence-electron chi connectivity index (χ0n) is 12.8. The number of benzene rings is 1. The number of hydrogen-bond acceptors (Lipinski definition) is 3. The molecule has 0 amide bonds. The van der Waals surface area contributed by atoms with E-state index in [-0.39, 0.29) is 0 Å². The van der Waals surface area contributed by atoms with Crippen LogP contribution in [0.25, 0.3) is 0 Å². The van der Waals surface area contributed by atoms with Gasteiger partial charge in [-0.25, -0.2) is 0 Å². The third-order valence-electron chi connectivity index (χ3n) is 4.12. The van der Waals surface area contributed by atoms with Crippen LogP contribution < -0.4 is 10.2 Å². The predicted molar refractivity (Wildman–Crippen MR) is 84.0 cm³/mol. The van der Waals surface area contributed by atoms with Crippen molar-refractivity contribution in [2.45, 2.75) is 39.7 Å². The second-order valence-electron chi connectivity index (χ2n) is 6.07. The molecule has 1 aromatic rings. The summed E-state index contributed by atoms with van der Waals surface area (Å²) in [5.74, 6) is 0.728. The van der Waals surface area contributed by atoms with Crippen molar-refractivity contribution in [3.63, 3.8) is 0 Å². The van der Waals surface area contributed by atoms with Gasteiger partial charge in [0.2, 0.25) is 0 Å². The standard InChI is InChI=1S/C17H25N3/c1-13(2)20(12-15-6-8-19-9-7-15)17-10-14(3)4-5-16(17)11-18/h4-5,10,13,15,19H,6-9,12H2,1-3H3. The Morgan fingerprint density at radius 2 is 2.05 bits per heavy atom.